The Morgan fingerprint density at radius 3 is 2.63 bits per heavy atom. The number of halogens is 1. The van der Waals surface area contributed by atoms with Gasteiger partial charge in [0.1, 0.15) is 17.0 Å². The van der Waals surface area contributed by atoms with Crippen molar-refractivity contribution in [3.8, 4) is 33.8 Å². The third-order valence-corrected chi connectivity index (χ3v) is 6.89. The van der Waals surface area contributed by atoms with Crippen molar-refractivity contribution in [2.75, 3.05) is 5.32 Å². The summed E-state index contributed by atoms with van der Waals surface area (Å²) < 4.78 is 14.2. The van der Waals surface area contributed by atoms with Crippen LogP contribution in [0.5, 0.6) is 0 Å². The second-order valence-electron chi connectivity index (χ2n) is 9.77. The van der Waals surface area contributed by atoms with Crippen LogP contribution in [0, 0.1) is 12.7 Å². The number of aryl methyl sites for hydroxylation is 1. The van der Waals surface area contributed by atoms with Gasteiger partial charge in [-0.1, -0.05) is 30.3 Å². The van der Waals surface area contributed by atoms with Crippen molar-refractivity contribution in [3.63, 3.8) is 0 Å². The molecule has 4 aromatic heterocycles. The zero-order valence-electron chi connectivity index (χ0n) is 21.8. The Hall–Kier alpha value is -5.70. The topological polar surface area (TPSA) is 112 Å². The van der Waals surface area contributed by atoms with Crippen molar-refractivity contribution in [2.24, 2.45) is 0 Å². The van der Waals surface area contributed by atoms with E-state index in [1.54, 1.807) is 30.7 Å². The van der Waals surface area contributed by atoms with Gasteiger partial charge in [0.15, 0.2) is 11.5 Å². The molecule has 0 aliphatic heterocycles. The molecule has 9 heteroatoms. The summed E-state index contributed by atoms with van der Waals surface area (Å²) >= 11 is 0. The average Bonchev–Trinajstić information content (AvgIpc) is 3.61. The quantitative estimate of drug-likeness (QED) is 0.220. The van der Waals surface area contributed by atoms with Crippen molar-refractivity contribution >= 4 is 33.7 Å². The summed E-state index contributed by atoms with van der Waals surface area (Å²) in [5.41, 5.74) is 7.89. The Balaban J connectivity index is 1.25. The van der Waals surface area contributed by atoms with Gasteiger partial charge in [0.25, 0.3) is 5.91 Å². The number of anilines is 1. The number of hydrogen-bond acceptors (Lipinski definition) is 5. The number of aromatic nitrogens is 6. The van der Waals surface area contributed by atoms with Gasteiger partial charge in [-0.25, -0.2) is 14.4 Å². The van der Waals surface area contributed by atoms with Crippen LogP contribution in [0.1, 0.15) is 15.9 Å². The lowest BCUT2D eigenvalue weighted by molar-refractivity contribution is 0.102. The molecule has 0 saturated carbocycles. The zero-order valence-corrected chi connectivity index (χ0v) is 21.8. The molecule has 7 aromatic rings. The molecule has 3 aromatic carbocycles. The minimum atomic E-state index is -0.301. The van der Waals surface area contributed by atoms with Crippen molar-refractivity contribution < 1.29 is 9.18 Å². The molecular weight excluding hydrogens is 517 g/mol. The fraction of sp³-hybridized carbons (Fsp3) is 0.0312. The maximum absolute atomic E-state index is 14.2. The number of nitrogens with one attached hydrogen (secondary N) is 3. The van der Waals surface area contributed by atoms with Gasteiger partial charge in [-0.05, 0) is 72.1 Å². The first kappa shape index (κ1) is 24.3. The van der Waals surface area contributed by atoms with E-state index in [9.17, 15) is 9.18 Å². The van der Waals surface area contributed by atoms with Crippen LogP contribution in [0.25, 0.3) is 55.8 Å². The predicted molar refractivity (Wildman–Crippen MR) is 157 cm³/mol. The van der Waals surface area contributed by atoms with Crippen LogP contribution in [-0.2, 0) is 0 Å². The number of carbonyl (C=O) groups excluding carboxylic acids is 1. The van der Waals surface area contributed by atoms with E-state index in [2.05, 4.69) is 30.5 Å². The highest BCUT2D eigenvalue weighted by atomic mass is 19.1. The first-order chi connectivity index (χ1) is 20.0. The molecule has 0 unspecified atom stereocenters. The van der Waals surface area contributed by atoms with E-state index >= 15 is 0 Å². The highest BCUT2D eigenvalue weighted by Gasteiger charge is 2.17. The number of hydrogen-bond donors (Lipinski definition) is 3. The van der Waals surface area contributed by atoms with Crippen LogP contribution in [0.15, 0.2) is 97.5 Å². The highest BCUT2D eigenvalue weighted by Crippen LogP contribution is 2.33. The van der Waals surface area contributed by atoms with Crippen molar-refractivity contribution in [2.45, 2.75) is 6.92 Å². The lowest BCUT2D eigenvalue weighted by Gasteiger charge is -2.08. The largest absolute Gasteiger partial charge is 0.321 e. The third kappa shape index (κ3) is 4.59. The summed E-state index contributed by atoms with van der Waals surface area (Å²) in [6.45, 7) is 1.86. The van der Waals surface area contributed by atoms with Crippen LogP contribution >= 0.6 is 0 Å². The SMILES string of the molecule is Cc1cc(F)cc(-c2ccnc3[nH]c(-c4n[nH]c5ccc(-c6cncc(NC(=O)c7ccccc7)c6)cc45)nc23)c1. The van der Waals surface area contributed by atoms with Gasteiger partial charge < -0.3 is 10.3 Å². The number of nitrogens with zero attached hydrogens (tertiary/aromatic N) is 4. The second kappa shape index (κ2) is 9.80. The molecule has 0 bridgehead atoms. The molecule has 41 heavy (non-hydrogen) atoms. The molecular formula is C32H22FN7O. The summed E-state index contributed by atoms with van der Waals surface area (Å²) in [7, 11) is 0. The lowest BCUT2D eigenvalue weighted by Crippen LogP contribution is -2.11. The normalized spacial score (nSPS) is 11.3. The van der Waals surface area contributed by atoms with Crippen LogP contribution < -0.4 is 5.32 Å². The highest BCUT2D eigenvalue weighted by molar-refractivity contribution is 6.04. The smallest absolute Gasteiger partial charge is 0.255 e. The molecule has 0 atom stereocenters. The Bertz CT molecular complexity index is 2060. The molecule has 0 aliphatic rings. The first-order valence-corrected chi connectivity index (χ1v) is 12.9. The fourth-order valence-electron chi connectivity index (χ4n) is 4.98. The van der Waals surface area contributed by atoms with E-state index < -0.39 is 0 Å². The molecule has 0 fully saturated rings. The molecule has 0 saturated heterocycles. The minimum Gasteiger partial charge on any atom is -0.321 e. The molecule has 7 rings (SSSR count). The van der Waals surface area contributed by atoms with E-state index in [0.717, 1.165) is 38.7 Å². The van der Waals surface area contributed by atoms with Gasteiger partial charge in [-0.2, -0.15) is 5.10 Å². The Labute approximate surface area is 233 Å². The lowest BCUT2D eigenvalue weighted by atomic mass is 10.0. The summed E-state index contributed by atoms with van der Waals surface area (Å²) in [4.78, 5) is 29.5. The van der Waals surface area contributed by atoms with E-state index in [-0.39, 0.29) is 11.7 Å². The Morgan fingerprint density at radius 1 is 0.902 bits per heavy atom. The fourth-order valence-corrected chi connectivity index (χ4v) is 4.98. The minimum absolute atomic E-state index is 0.205. The van der Waals surface area contributed by atoms with Gasteiger partial charge in [-0.3, -0.25) is 14.9 Å². The molecule has 1 amide bonds. The zero-order chi connectivity index (χ0) is 27.9. The van der Waals surface area contributed by atoms with E-state index in [1.165, 1.54) is 12.1 Å². The van der Waals surface area contributed by atoms with Crippen molar-refractivity contribution in [1.82, 2.24) is 30.1 Å². The van der Waals surface area contributed by atoms with Crippen LogP contribution in [0.4, 0.5) is 10.1 Å². The summed E-state index contributed by atoms with van der Waals surface area (Å²) in [6, 6.07) is 23.6. The number of H-pyrrole nitrogens is 2. The van der Waals surface area contributed by atoms with Gasteiger partial charge in [0.2, 0.25) is 0 Å². The van der Waals surface area contributed by atoms with Gasteiger partial charge in [0.05, 0.1) is 17.4 Å². The van der Waals surface area contributed by atoms with Crippen LogP contribution in [0.3, 0.4) is 0 Å². The van der Waals surface area contributed by atoms with Gasteiger partial charge in [0, 0.05) is 34.5 Å². The number of amides is 1. The number of rotatable bonds is 5. The molecule has 0 radical (unpaired) electrons. The number of benzene rings is 3. The predicted octanol–water partition coefficient (Wildman–Crippen LogP) is 6.93. The maximum Gasteiger partial charge on any atom is 0.255 e. The number of carbonyl (C=O) groups is 1. The maximum atomic E-state index is 14.2. The van der Waals surface area contributed by atoms with Gasteiger partial charge in [-0.15, -0.1) is 0 Å². The van der Waals surface area contributed by atoms with Crippen LogP contribution in [0.2, 0.25) is 0 Å². The molecule has 8 nitrogen and oxygen atoms in total. The summed E-state index contributed by atoms with van der Waals surface area (Å²) in [6.07, 6.45) is 5.04. The second-order valence-corrected chi connectivity index (χ2v) is 9.77. The molecule has 198 valence electrons. The Morgan fingerprint density at radius 2 is 1.78 bits per heavy atom. The summed E-state index contributed by atoms with van der Waals surface area (Å²) in [5.74, 6) is 0.0339. The standard InChI is InChI=1S/C32H22FN7O/c1-18-11-21(13-23(33)12-18)25-9-10-35-30-28(25)37-31(38-30)29-26-15-20(7-8-27(26)39-40-29)22-14-24(17-34-16-22)36-32(41)19-5-3-2-4-6-19/h2-17H,1H3,(H,36,41)(H,39,40)(H,35,37,38). The molecule has 0 spiro atoms. The number of imidazole rings is 1. The van der Waals surface area contributed by atoms with E-state index in [0.29, 0.717) is 33.9 Å². The van der Waals surface area contributed by atoms with Crippen molar-refractivity contribution in [3.05, 3.63) is 114 Å². The number of pyridine rings is 2. The third-order valence-electron chi connectivity index (χ3n) is 6.89. The monoisotopic (exact) mass is 539 g/mol. The first-order valence-electron chi connectivity index (χ1n) is 12.9. The average molecular weight is 540 g/mol. The molecule has 3 N–H and O–H groups in total. The molecule has 0 aliphatic carbocycles. The number of aromatic amines is 2. The molecule has 4 heterocycles. The van der Waals surface area contributed by atoms with Crippen molar-refractivity contribution in [1.29, 1.82) is 0 Å². The van der Waals surface area contributed by atoms with Gasteiger partial charge >= 0.3 is 0 Å². The summed E-state index contributed by atoms with van der Waals surface area (Å²) in [5, 5.41) is 11.4. The Kier molecular flexibility index (Phi) is 5.82. The van der Waals surface area contributed by atoms with E-state index in [4.69, 9.17) is 4.98 Å². The number of fused-ring (bicyclic) bond motifs is 2. The van der Waals surface area contributed by atoms with Crippen LogP contribution in [-0.4, -0.2) is 36.0 Å². The van der Waals surface area contributed by atoms with E-state index in [1.807, 2.05) is 61.5 Å².